The van der Waals surface area contributed by atoms with E-state index in [9.17, 15) is 9.90 Å². The Morgan fingerprint density at radius 3 is 2.12 bits per heavy atom. The predicted octanol–water partition coefficient (Wildman–Crippen LogP) is 6.67. The number of aromatic hydroxyl groups is 1. The molecule has 0 saturated heterocycles. The largest absolute Gasteiger partial charge is 0.504 e. The predicted molar refractivity (Wildman–Crippen MR) is 138 cm³/mol. The van der Waals surface area contributed by atoms with Crippen LogP contribution in [-0.4, -0.2) is 18.1 Å². The Hall–Kier alpha value is -2.79. The molecule has 0 aliphatic heterocycles. The van der Waals surface area contributed by atoms with E-state index in [0.29, 0.717) is 18.7 Å². The van der Waals surface area contributed by atoms with Gasteiger partial charge in [0.05, 0.1) is 7.11 Å². The summed E-state index contributed by atoms with van der Waals surface area (Å²) >= 11 is 0. The van der Waals surface area contributed by atoms with Gasteiger partial charge in [0.25, 0.3) is 0 Å². The third kappa shape index (κ3) is 15.6. The first kappa shape index (κ1) is 28.2. The molecule has 1 aromatic carbocycles. The number of unbranched alkanes of at least 4 members (excludes halogenated alkanes) is 4. The minimum Gasteiger partial charge on any atom is -0.504 e. The molecule has 0 aliphatic rings. The van der Waals surface area contributed by atoms with Crippen molar-refractivity contribution < 1.29 is 14.6 Å². The lowest BCUT2D eigenvalue weighted by Crippen LogP contribution is -2.36. The van der Waals surface area contributed by atoms with E-state index >= 15 is 0 Å². The number of hydrazine groups is 1. The van der Waals surface area contributed by atoms with Gasteiger partial charge in [-0.2, -0.15) is 0 Å². The summed E-state index contributed by atoms with van der Waals surface area (Å²) in [7, 11) is 1.51. The van der Waals surface area contributed by atoms with Crippen LogP contribution in [0.5, 0.6) is 11.5 Å². The van der Waals surface area contributed by atoms with Crippen molar-refractivity contribution in [2.24, 2.45) is 0 Å². The van der Waals surface area contributed by atoms with Crippen molar-refractivity contribution in [2.45, 2.75) is 77.7 Å². The minimum atomic E-state index is -0.0309. The lowest BCUT2D eigenvalue weighted by molar-refractivity contribution is -0.122. The van der Waals surface area contributed by atoms with E-state index in [1.165, 1.54) is 32.8 Å². The van der Waals surface area contributed by atoms with Gasteiger partial charge in [-0.05, 0) is 62.6 Å². The SMILES string of the molecule is CCCCC/C=C/C/C=C/C/C=C/C/C=C/CCCC(=O)NNCc1ccc(O)c(OC)c1. The summed E-state index contributed by atoms with van der Waals surface area (Å²) < 4.78 is 5.08. The normalized spacial score (nSPS) is 11.9. The van der Waals surface area contributed by atoms with Crippen LogP contribution >= 0.6 is 0 Å². The van der Waals surface area contributed by atoms with Crippen molar-refractivity contribution in [3.8, 4) is 11.5 Å². The van der Waals surface area contributed by atoms with Crippen LogP contribution in [0.2, 0.25) is 0 Å². The van der Waals surface area contributed by atoms with Crippen molar-refractivity contribution in [3.05, 3.63) is 72.4 Å². The topological polar surface area (TPSA) is 70.6 Å². The van der Waals surface area contributed by atoms with E-state index < -0.39 is 0 Å². The molecular formula is C28H42N2O3. The third-order valence-electron chi connectivity index (χ3n) is 5.00. The Morgan fingerprint density at radius 1 is 0.909 bits per heavy atom. The van der Waals surface area contributed by atoms with E-state index in [1.54, 1.807) is 18.2 Å². The molecule has 0 bridgehead atoms. The fourth-order valence-corrected chi connectivity index (χ4v) is 3.08. The van der Waals surface area contributed by atoms with E-state index in [-0.39, 0.29) is 11.7 Å². The monoisotopic (exact) mass is 454 g/mol. The van der Waals surface area contributed by atoms with Gasteiger partial charge >= 0.3 is 0 Å². The van der Waals surface area contributed by atoms with E-state index in [4.69, 9.17) is 4.74 Å². The lowest BCUT2D eigenvalue weighted by Gasteiger charge is -2.09. The lowest BCUT2D eigenvalue weighted by atomic mass is 10.2. The number of hydrogen-bond donors (Lipinski definition) is 3. The van der Waals surface area contributed by atoms with Gasteiger partial charge in [0.2, 0.25) is 5.91 Å². The van der Waals surface area contributed by atoms with Crippen molar-refractivity contribution in [1.82, 2.24) is 10.9 Å². The molecule has 0 radical (unpaired) electrons. The van der Waals surface area contributed by atoms with Gasteiger partial charge in [-0.25, -0.2) is 5.43 Å². The molecule has 182 valence electrons. The van der Waals surface area contributed by atoms with Crippen molar-refractivity contribution in [3.63, 3.8) is 0 Å². The van der Waals surface area contributed by atoms with Gasteiger partial charge < -0.3 is 9.84 Å². The zero-order chi connectivity index (χ0) is 24.0. The third-order valence-corrected chi connectivity index (χ3v) is 5.00. The molecule has 0 atom stereocenters. The van der Waals surface area contributed by atoms with Crippen LogP contribution in [0.25, 0.3) is 0 Å². The maximum absolute atomic E-state index is 11.9. The smallest absolute Gasteiger partial charge is 0.234 e. The summed E-state index contributed by atoms with van der Waals surface area (Å²) in [6, 6.07) is 5.09. The quantitative estimate of drug-likeness (QED) is 0.132. The molecule has 5 heteroatoms. The van der Waals surface area contributed by atoms with Crippen LogP contribution in [0.1, 0.15) is 76.7 Å². The van der Waals surface area contributed by atoms with Crippen LogP contribution in [0.3, 0.4) is 0 Å². The fraction of sp³-hybridized carbons (Fsp3) is 0.464. The number of rotatable bonds is 18. The fourth-order valence-electron chi connectivity index (χ4n) is 3.08. The van der Waals surface area contributed by atoms with E-state index in [0.717, 1.165) is 37.7 Å². The van der Waals surface area contributed by atoms with Crippen LogP contribution < -0.4 is 15.6 Å². The molecule has 1 aromatic rings. The Kier molecular flexibility index (Phi) is 17.0. The number of phenols is 1. The van der Waals surface area contributed by atoms with Gasteiger partial charge in [0.1, 0.15) is 0 Å². The van der Waals surface area contributed by atoms with E-state index in [1.807, 2.05) is 0 Å². The Labute approximate surface area is 200 Å². The van der Waals surface area contributed by atoms with Gasteiger partial charge in [-0.3, -0.25) is 10.2 Å². The molecule has 33 heavy (non-hydrogen) atoms. The first-order chi connectivity index (χ1) is 16.2. The number of carbonyl (C=O) groups is 1. The molecule has 5 nitrogen and oxygen atoms in total. The highest BCUT2D eigenvalue weighted by Crippen LogP contribution is 2.25. The maximum Gasteiger partial charge on any atom is 0.234 e. The standard InChI is InChI=1S/C28H42N2O3/c1-3-4-5-6-7-8-9-10-11-12-13-14-15-16-17-18-19-20-28(32)30-29-24-25-21-22-26(31)27(23-25)33-2/h7-8,10-11,13-14,16-17,21-23,29,31H,3-6,9,12,15,18-20,24H2,1-2H3,(H,30,32)/b8-7+,11-10+,14-13+,17-16+. The number of allylic oxidation sites excluding steroid dienone is 8. The molecule has 1 amide bonds. The Balaban J connectivity index is 2.00. The molecule has 0 aromatic heterocycles. The number of nitrogens with one attached hydrogen (secondary N) is 2. The van der Waals surface area contributed by atoms with E-state index in [2.05, 4.69) is 66.4 Å². The first-order valence-electron chi connectivity index (χ1n) is 12.1. The zero-order valence-corrected chi connectivity index (χ0v) is 20.4. The molecule has 0 fully saturated rings. The summed E-state index contributed by atoms with van der Waals surface area (Å²) in [6.45, 7) is 2.69. The molecule has 0 spiro atoms. The first-order valence-corrected chi connectivity index (χ1v) is 12.1. The summed E-state index contributed by atoms with van der Waals surface area (Å²) in [5.74, 6) is 0.485. The second-order valence-electron chi connectivity index (χ2n) is 7.89. The number of methoxy groups -OCH3 is 1. The summed E-state index contributed by atoms with van der Waals surface area (Å²) in [5.41, 5.74) is 6.51. The number of ether oxygens (including phenoxy) is 1. The molecular weight excluding hydrogens is 412 g/mol. The zero-order valence-electron chi connectivity index (χ0n) is 20.4. The molecule has 3 N–H and O–H groups in total. The van der Waals surface area contributed by atoms with Gasteiger partial charge in [-0.1, -0.05) is 74.4 Å². The van der Waals surface area contributed by atoms with Crippen molar-refractivity contribution in [1.29, 1.82) is 0 Å². The number of carbonyl (C=O) groups excluding carboxylic acids is 1. The van der Waals surface area contributed by atoms with Crippen molar-refractivity contribution >= 4 is 5.91 Å². The van der Waals surface area contributed by atoms with Crippen LogP contribution in [0.15, 0.2) is 66.8 Å². The Bertz CT molecular complexity index is 766. The van der Waals surface area contributed by atoms with Crippen LogP contribution in [0, 0.1) is 0 Å². The second kappa shape index (κ2) is 19.9. The highest BCUT2D eigenvalue weighted by molar-refractivity contribution is 5.75. The van der Waals surface area contributed by atoms with Crippen LogP contribution in [0.4, 0.5) is 0 Å². The highest BCUT2D eigenvalue weighted by atomic mass is 16.5. The summed E-state index contributed by atoms with van der Waals surface area (Å²) in [6.07, 6.45) is 27.8. The number of amides is 1. The summed E-state index contributed by atoms with van der Waals surface area (Å²) in [5, 5.41) is 9.59. The second-order valence-corrected chi connectivity index (χ2v) is 7.89. The van der Waals surface area contributed by atoms with Crippen LogP contribution in [-0.2, 0) is 11.3 Å². The summed E-state index contributed by atoms with van der Waals surface area (Å²) in [4.78, 5) is 11.9. The average Bonchev–Trinajstić information content (AvgIpc) is 2.82. The van der Waals surface area contributed by atoms with Gasteiger partial charge in [0.15, 0.2) is 11.5 Å². The molecule has 1 rings (SSSR count). The molecule has 0 heterocycles. The number of benzene rings is 1. The minimum absolute atomic E-state index is 0.0309. The maximum atomic E-state index is 11.9. The average molecular weight is 455 g/mol. The number of phenolic OH excluding ortho intramolecular Hbond substituents is 1. The molecule has 0 aliphatic carbocycles. The van der Waals surface area contributed by atoms with Crippen molar-refractivity contribution in [2.75, 3.05) is 7.11 Å². The number of hydrogen-bond acceptors (Lipinski definition) is 4. The molecule has 0 unspecified atom stereocenters. The van der Waals surface area contributed by atoms with Gasteiger partial charge in [-0.15, -0.1) is 0 Å². The van der Waals surface area contributed by atoms with Gasteiger partial charge in [0, 0.05) is 13.0 Å². The highest BCUT2D eigenvalue weighted by Gasteiger charge is 2.03. The Morgan fingerprint density at radius 2 is 1.52 bits per heavy atom. The molecule has 0 saturated carbocycles.